The number of β-lactam (4-membered cyclic amide) rings is 1. The number of hydrogen-bond acceptors (Lipinski definition) is 12. The zero-order valence-electron chi connectivity index (χ0n) is 20.0. The second-order valence-corrected chi connectivity index (χ2v) is 12.0. The number of aromatic nitrogens is 2. The molecule has 0 aliphatic carbocycles. The largest absolute Gasteiger partial charge is 0.477 e. The lowest BCUT2D eigenvalue weighted by Gasteiger charge is -2.50. The number of carbonyl (C=O) groups is 3. The van der Waals surface area contributed by atoms with Gasteiger partial charge in [-0.2, -0.15) is 11.8 Å². The van der Waals surface area contributed by atoms with Crippen LogP contribution in [0.4, 0.5) is 5.13 Å². The van der Waals surface area contributed by atoms with Crippen molar-refractivity contribution < 1.29 is 24.7 Å². The van der Waals surface area contributed by atoms with Crippen LogP contribution in [-0.4, -0.2) is 80.1 Å². The Morgan fingerprint density at radius 3 is 2.87 bits per heavy atom. The van der Waals surface area contributed by atoms with Crippen LogP contribution in [0.25, 0.3) is 0 Å². The number of oxime groups is 1. The van der Waals surface area contributed by atoms with Gasteiger partial charge in [-0.25, -0.2) is 9.78 Å². The summed E-state index contributed by atoms with van der Waals surface area (Å²) in [4.78, 5) is 49.1. The van der Waals surface area contributed by atoms with Gasteiger partial charge in [0.2, 0.25) is 0 Å². The quantitative estimate of drug-likeness (QED) is 0.0839. The zero-order chi connectivity index (χ0) is 27.4. The number of nitrogens with two attached hydrogens (primary N) is 1. The van der Waals surface area contributed by atoms with E-state index in [1.165, 1.54) is 16.7 Å². The number of carbonyl (C=O) groups excluding carboxylic acids is 2. The van der Waals surface area contributed by atoms with Crippen molar-refractivity contribution in [3.8, 4) is 0 Å². The number of thioether (sulfide) groups is 2. The first-order chi connectivity index (χ1) is 18.3. The summed E-state index contributed by atoms with van der Waals surface area (Å²) in [6.07, 6.45) is 2.52. The van der Waals surface area contributed by atoms with Gasteiger partial charge in [-0.1, -0.05) is 39.9 Å². The Bertz CT molecular complexity index is 1320. The molecule has 2 aliphatic rings. The Labute approximate surface area is 235 Å². The molecule has 1 saturated heterocycles. The molecule has 16 heteroatoms. The van der Waals surface area contributed by atoms with E-state index in [0.717, 1.165) is 34.2 Å². The number of fused-ring (bicyclic) bond motifs is 1. The Kier molecular flexibility index (Phi) is 9.15. The Morgan fingerprint density at radius 2 is 2.21 bits per heavy atom. The maximum absolute atomic E-state index is 13.1. The first-order valence-corrected chi connectivity index (χ1v) is 14.5. The fraction of sp³-hybridized carbons (Fsp3) is 0.364. The van der Waals surface area contributed by atoms with Crippen LogP contribution >= 0.6 is 46.5 Å². The summed E-state index contributed by atoms with van der Waals surface area (Å²) in [5.41, 5.74) is 5.74. The summed E-state index contributed by atoms with van der Waals surface area (Å²) in [5.74, 6) is -1.11. The lowest BCUT2D eigenvalue weighted by atomic mass is 9.86. The van der Waals surface area contributed by atoms with Crippen molar-refractivity contribution in [2.24, 2.45) is 5.16 Å². The third kappa shape index (κ3) is 5.76. The highest BCUT2D eigenvalue weighted by molar-refractivity contribution is 8.03. The first kappa shape index (κ1) is 28.2. The Balaban J connectivity index is 1.50. The van der Waals surface area contributed by atoms with Gasteiger partial charge >= 0.3 is 5.97 Å². The number of thiazole rings is 1. The molecule has 4 heterocycles. The molecule has 0 aromatic carbocycles. The molecule has 0 radical (unpaired) electrons. The van der Waals surface area contributed by atoms with Gasteiger partial charge in [-0.05, 0) is 32.0 Å². The van der Waals surface area contributed by atoms with E-state index in [0.29, 0.717) is 23.5 Å². The molecule has 2 atom stereocenters. The van der Waals surface area contributed by atoms with Crippen LogP contribution in [0.15, 0.2) is 39.0 Å². The molecule has 12 nitrogen and oxygen atoms in total. The van der Waals surface area contributed by atoms with Crippen LogP contribution < -0.4 is 16.4 Å². The number of nitrogens with zero attached hydrogens (tertiary/aromatic N) is 4. The van der Waals surface area contributed by atoms with E-state index in [1.54, 1.807) is 24.0 Å². The van der Waals surface area contributed by atoms with E-state index < -0.39 is 35.6 Å². The number of aliphatic carboxylic acids is 1. The Morgan fingerprint density at radius 1 is 1.42 bits per heavy atom. The third-order valence-corrected chi connectivity index (χ3v) is 9.13. The summed E-state index contributed by atoms with van der Waals surface area (Å²) >= 11 is 9.94. The van der Waals surface area contributed by atoms with Crippen LogP contribution in [0.2, 0.25) is 4.34 Å². The van der Waals surface area contributed by atoms with Crippen LogP contribution in [0.1, 0.15) is 24.2 Å². The maximum Gasteiger partial charge on any atom is 0.353 e. The first-order valence-electron chi connectivity index (χ1n) is 11.4. The monoisotopic (exact) mass is 597 g/mol. The average molecular weight is 598 g/mol. The molecule has 2 amide bonds. The summed E-state index contributed by atoms with van der Waals surface area (Å²) in [7, 11) is 1.89. The zero-order valence-corrected chi connectivity index (χ0v) is 23.2. The number of anilines is 1. The van der Waals surface area contributed by atoms with E-state index >= 15 is 0 Å². The molecule has 0 bridgehead atoms. The van der Waals surface area contributed by atoms with Crippen molar-refractivity contribution in [3.05, 3.63) is 44.7 Å². The van der Waals surface area contributed by atoms with Gasteiger partial charge < -0.3 is 26.7 Å². The highest BCUT2D eigenvalue weighted by Gasteiger charge is 2.54. The predicted molar refractivity (Wildman–Crippen MR) is 147 cm³/mol. The van der Waals surface area contributed by atoms with Gasteiger partial charge in [0.1, 0.15) is 21.8 Å². The van der Waals surface area contributed by atoms with Crippen LogP contribution in [0.3, 0.4) is 0 Å². The summed E-state index contributed by atoms with van der Waals surface area (Å²) in [6, 6.07) is 2.12. The minimum Gasteiger partial charge on any atom is -0.477 e. The average Bonchev–Trinajstić information content (AvgIpc) is 3.23. The number of allylic oxidation sites excluding steroid dienone is 1. The number of carboxylic acid groups (broad SMARTS) is 1. The Hall–Kier alpha value is -2.85. The number of nitrogens with one attached hydrogen (secondary N) is 2. The third-order valence-electron chi connectivity index (χ3n) is 5.84. The van der Waals surface area contributed by atoms with E-state index in [1.807, 2.05) is 13.1 Å². The molecule has 2 aromatic heterocycles. The number of hydrogen-bond donors (Lipinski definition) is 5. The minimum atomic E-state index is -1.23. The van der Waals surface area contributed by atoms with Crippen molar-refractivity contribution in [2.45, 2.75) is 35.6 Å². The molecule has 0 saturated carbocycles. The van der Waals surface area contributed by atoms with Crippen molar-refractivity contribution in [1.82, 2.24) is 25.5 Å². The van der Waals surface area contributed by atoms with Gasteiger partial charge in [0.15, 0.2) is 10.8 Å². The molecule has 2 aliphatic heterocycles. The van der Waals surface area contributed by atoms with Crippen molar-refractivity contribution in [1.29, 1.82) is 0 Å². The normalized spacial score (nSPS) is 19.3. The number of halogens is 1. The van der Waals surface area contributed by atoms with E-state index in [-0.39, 0.29) is 20.9 Å². The summed E-state index contributed by atoms with van der Waals surface area (Å²) < 4.78 is 0.0534. The van der Waals surface area contributed by atoms with Gasteiger partial charge in [0, 0.05) is 34.0 Å². The number of carboxylic acids is 1. The van der Waals surface area contributed by atoms with Gasteiger partial charge in [-0.3, -0.25) is 19.5 Å². The highest BCUT2D eigenvalue weighted by Crippen LogP contribution is 2.44. The molecule has 2 aromatic rings. The highest BCUT2D eigenvalue weighted by atomic mass is 35.5. The number of nitrogen functional groups attached to an aromatic ring is 1. The molecule has 38 heavy (non-hydrogen) atoms. The van der Waals surface area contributed by atoms with Gasteiger partial charge in [0.05, 0.1) is 11.7 Å². The molecule has 6 N–H and O–H groups in total. The predicted octanol–water partition coefficient (Wildman–Crippen LogP) is 1.98. The summed E-state index contributed by atoms with van der Waals surface area (Å²) in [5, 5.41) is 28.1. The van der Waals surface area contributed by atoms with E-state index in [2.05, 4.69) is 25.8 Å². The van der Waals surface area contributed by atoms with E-state index in [4.69, 9.17) is 17.3 Å². The van der Waals surface area contributed by atoms with Crippen LogP contribution in [-0.2, 0) is 20.1 Å². The van der Waals surface area contributed by atoms with Gasteiger partial charge in [-0.15, -0.1) is 0 Å². The maximum atomic E-state index is 13.1. The lowest BCUT2D eigenvalue weighted by molar-refractivity contribution is -0.155. The van der Waals surface area contributed by atoms with Crippen molar-refractivity contribution in [2.75, 3.05) is 25.1 Å². The number of amides is 2. The number of pyridine rings is 1. The molecule has 1 fully saturated rings. The fourth-order valence-electron chi connectivity index (χ4n) is 4.10. The minimum absolute atomic E-state index is 0.0534. The van der Waals surface area contributed by atoms with E-state index in [9.17, 15) is 24.7 Å². The topological polar surface area (TPSA) is 183 Å². The molecular weight excluding hydrogens is 574 g/mol. The smallest absolute Gasteiger partial charge is 0.353 e. The SMILES string of the molecule is CNCCSCc1ncccc1SC1=C(C(=O)O)N2C(=O)[C@@H](NC(=O)/C(=N\O)c3nc(N)sc3Cl)C2CC1. The molecule has 0 spiro atoms. The molecular formula is C22H24ClN7O5S3. The fourth-order valence-corrected chi connectivity index (χ4v) is 7.19. The van der Waals surface area contributed by atoms with Crippen molar-refractivity contribution >= 4 is 75.1 Å². The standard InChI is InChI=1S/C22H24ClN7O5S3/c1-25-7-8-36-9-10-12(3-2-6-26-10)37-13-5-4-11-14(20(32)30(11)17(13)21(33)34)27-19(31)16(29-35)15-18(23)38-22(24)28-15/h2-3,6,11,14,25,35H,4-5,7-9H2,1H3,(H2,24,28)(H,27,31)(H,33,34)/b29-16-/t11?,14-/m0/s1. The second kappa shape index (κ2) is 12.3. The lowest BCUT2D eigenvalue weighted by Crippen LogP contribution is -2.72. The number of rotatable bonds is 11. The summed E-state index contributed by atoms with van der Waals surface area (Å²) in [6.45, 7) is 0.862. The molecule has 1 unspecified atom stereocenters. The van der Waals surface area contributed by atoms with Crippen LogP contribution in [0.5, 0.6) is 0 Å². The van der Waals surface area contributed by atoms with Gasteiger partial charge in [0.25, 0.3) is 11.8 Å². The molecule has 4 rings (SSSR count). The van der Waals surface area contributed by atoms with Crippen molar-refractivity contribution in [3.63, 3.8) is 0 Å². The van der Waals surface area contributed by atoms with Crippen LogP contribution in [0, 0.1) is 0 Å². The molecule has 202 valence electrons. The second-order valence-electron chi connectivity index (χ2n) is 8.17.